The predicted molar refractivity (Wildman–Crippen MR) is 82.4 cm³/mol. The van der Waals surface area contributed by atoms with Gasteiger partial charge in [-0.1, -0.05) is 18.5 Å². The highest BCUT2D eigenvalue weighted by Crippen LogP contribution is 2.21. The summed E-state index contributed by atoms with van der Waals surface area (Å²) in [5, 5.41) is 6.59. The maximum atomic E-state index is 11.7. The SMILES string of the molecule is CNCC(C)C(=O)NCCCOc1ccc(Cl)cc1C. The first-order valence-electron chi connectivity index (χ1n) is 6.86. The molecule has 0 fully saturated rings. The monoisotopic (exact) mass is 298 g/mol. The van der Waals surface area contributed by atoms with Gasteiger partial charge in [0.25, 0.3) is 0 Å². The second kappa shape index (κ2) is 8.82. The van der Waals surface area contributed by atoms with Crippen LogP contribution >= 0.6 is 11.6 Å². The first-order chi connectivity index (χ1) is 9.54. The predicted octanol–water partition coefficient (Wildman–Crippen LogP) is 2.39. The van der Waals surface area contributed by atoms with Crippen molar-refractivity contribution in [2.75, 3.05) is 26.7 Å². The van der Waals surface area contributed by atoms with Crippen molar-refractivity contribution >= 4 is 17.5 Å². The molecule has 1 aromatic carbocycles. The van der Waals surface area contributed by atoms with Crippen LogP contribution in [-0.2, 0) is 4.79 Å². The Morgan fingerprint density at radius 3 is 2.85 bits per heavy atom. The van der Waals surface area contributed by atoms with Crippen LogP contribution in [0.25, 0.3) is 0 Å². The smallest absolute Gasteiger partial charge is 0.224 e. The van der Waals surface area contributed by atoms with Gasteiger partial charge in [0.1, 0.15) is 5.75 Å². The number of carbonyl (C=O) groups excluding carboxylic acids is 1. The van der Waals surface area contributed by atoms with Crippen LogP contribution in [-0.4, -0.2) is 32.7 Å². The van der Waals surface area contributed by atoms with Gasteiger partial charge in [-0.15, -0.1) is 0 Å². The summed E-state index contributed by atoms with van der Waals surface area (Å²) in [5.74, 6) is 0.894. The third kappa shape index (κ3) is 5.80. The van der Waals surface area contributed by atoms with Gasteiger partial charge >= 0.3 is 0 Å². The minimum absolute atomic E-state index is 0.0144. The van der Waals surface area contributed by atoms with Gasteiger partial charge in [-0.25, -0.2) is 0 Å². The lowest BCUT2D eigenvalue weighted by atomic mass is 10.1. The maximum absolute atomic E-state index is 11.7. The zero-order chi connectivity index (χ0) is 15.0. The van der Waals surface area contributed by atoms with E-state index >= 15 is 0 Å². The van der Waals surface area contributed by atoms with Crippen LogP contribution in [0.1, 0.15) is 18.9 Å². The highest BCUT2D eigenvalue weighted by atomic mass is 35.5. The summed E-state index contributed by atoms with van der Waals surface area (Å²) >= 11 is 5.88. The zero-order valence-electron chi connectivity index (χ0n) is 12.3. The van der Waals surface area contributed by atoms with Crippen molar-refractivity contribution in [2.24, 2.45) is 5.92 Å². The van der Waals surface area contributed by atoms with Crippen LogP contribution in [0.4, 0.5) is 0 Å². The van der Waals surface area contributed by atoms with E-state index in [0.717, 1.165) is 17.7 Å². The summed E-state index contributed by atoms with van der Waals surface area (Å²) in [6.45, 7) is 5.75. The third-order valence-electron chi connectivity index (χ3n) is 2.97. The van der Waals surface area contributed by atoms with Crippen LogP contribution in [0, 0.1) is 12.8 Å². The first kappa shape index (κ1) is 16.8. The molecule has 1 aromatic rings. The molecule has 5 heteroatoms. The number of amides is 1. The van der Waals surface area contributed by atoms with Gasteiger partial charge in [0, 0.05) is 24.0 Å². The molecular weight excluding hydrogens is 276 g/mol. The molecule has 0 bridgehead atoms. The van der Waals surface area contributed by atoms with Crippen LogP contribution in [0.3, 0.4) is 0 Å². The summed E-state index contributed by atoms with van der Waals surface area (Å²) in [6.07, 6.45) is 0.778. The lowest BCUT2D eigenvalue weighted by Crippen LogP contribution is -2.35. The van der Waals surface area contributed by atoms with E-state index in [1.165, 1.54) is 0 Å². The van der Waals surface area contributed by atoms with Crippen LogP contribution in [0.2, 0.25) is 5.02 Å². The average molecular weight is 299 g/mol. The molecule has 0 aromatic heterocycles. The molecule has 0 spiro atoms. The van der Waals surface area contributed by atoms with Crippen molar-refractivity contribution in [3.05, 3.63) is 28.8 Å². The topological polar surface area (TPSA) is 50.4 Å². The van der Waals surface area contributed by atoms with Gasteiger partial charge in [-0.05, 0) is 44.2 Å². The fourth-order valence-corrected chi connectivity index (χ4v) is 2.04. The Bertz CT molecular complexity index is 438. The Kier molecular flexibility index (Phi) is 7.41. The summed E-state index contributed by atoms with van der Waals surface area (Å²) in [5.41, 5.74) is 1.02. The Balaban J connectivity index is 2.20. The van der Waals surface area contributed by atoms with Crippen LogP contribution < -0.4 is 15.4 Å². The molecule has 0 saturated carbocycles. The van der Waals surface area contributed by atoms with E-state index in [-0.39, 0.29) is 11.8 Å². The average Bonchev–Trinajstić information content (AvgIpc) is 2.40. The lowest BCUT2D eigenvalue weighted by molar-refractivity contribution is -0.124. The van der Waals surface area contributed by atoms with Crippen molar-refractivity contribution in [2.45, 2.75) is 20.3 Å². The number of aryl methyl sites for hydroxylation is 1. The van der Waals surface area contributed by atoms with Gasteiger partial charge < -0.3 is 15.4 Å². The molecule has 0 heterocycles. The quantitative estimate of drug-likeness (QED) is 0.725. The summed E-state index contributed by atoms with van der Waals surface area (Å²) < 4.78 is 5.66. The van der Waals surface area contributed by atoms with Crippen LogP contribution in [0.15, 0.2) is 18.2 Å². The van der Waals surface area contributed by atoms with Crippen molar-refractivity contribution in [3.63, 3.8) is 0 Å². The van der Waals surface area contributed by atoms with E-state index in [1.54, 1.807) is 0 Å². The number of rotatable bonds is 8. The highest BCUT2D eigenvalue weighted by Gasteiger charge is 2.10. The summed E-state index contributed by atoms with van der Waals surface area (Å²) in [6, 6.07) is 5.55. The molecule has 0 aliphatic rings. The molecule has 0 saturated heterocycles. The summed E-state index contributed by atoms with van der Waals surface area (Å²) in [4.78, 5) is 11.7. The number of hydrogen-bond acceptors (Lipinski definition) is 3. The molecule has 4 nitrogen and oxygen atoms in total. The maximum Gasteiger partial charge on any atom is 0.224 e. The lowest BCUT2D eigenvalue weighted by Gasteiger charge is -2.12. The fourth-order valence-electron chi connectivity index (χ4n) is 1.81. The van der Waals surface area contributed by atoms with Gasteiger partial charge in [0.2, 0.25) is 5.91 Å². The van der Waals surface area contributed by atoms with Crippen molar-refractivity contribution in [1.29, 1.82) is 0 Å². The van der Waals surface area contributed by atoms with E-state index in [4.69, 9.17) is 16.3 Å². The van der Waals surface area contributed by atoms with Gasteiger partial charge in [0.15, 0.2) is 0 Å². The van der Waals surface area contributed by atoms with Gasteiger partial charge in [-0.2, -0.15) is 0 Å². The van der Waals surface area contributed by atoms with Gasteiger partial charge in [0.05, 0.1) is 6.61 Å². The van der Waals surface area contributed by atoms with E-state index in [0.29, 0.717) is 24.7 Å². The molecule has 112 valence electrons. The van der Waals surface area contributed by atoms with Gasteiger partial charge in [-0.3, -0.25) is 4.79 Å². The fraction of sp³-hybridized carbons (Fsp3) is 0.533. The Hall–Kier alpha value is -1.26. The van der Waals surface area contributed by atoms with Crippen molar-refractivity contribution in [3.8, 4) is 5.75 Å². The molecule has 1 atom stereocenters. The molecule has 0 aliphatic carbocycles. The van der Waals surface area contributed by atoms with Crippen molar-refractivity contribution < 1.29 is 9.53 Å². The second-order valence-corrected chi connectivity index (χ2v) is 5.30. The molecule has 2 N–H and O–H groups in total. The molecule has 1 unspecified atom stereocenters. The number of halogens is 1. The number of carbonyl (C=O) groups is 1. The largest absolute Gasteiger partial charge is 0.493 e. The standard InChI is InChI=1S/C15H23ClN2O2/c1-11-9-13(16)5-6-14(11)20-8-4-7-18-15(19)12(2)10-17-3/h5-6,9,12,17H,4,7-8,10H2,1-3H3,(H,18,19). The Labute approximate surface area is 125 Å². The number of benzene rings is 1. The molecule has 1 amide bonds. The Morgan fingerprint density at radius 2 is 2.20 bits per heavy atom. The normalized spacial score (nSPS) is 12.0. The highest BCUT2D eigenvalue weighted by molar-refractivity contribution is 6.30. The van der Waals surface area contributed by atoms with Crippen molar-refractivity contribution in [1.82, 2.24) is 10.6 Å². The second-order valence-electron chi connectivity index (χ2n) is 4.86. The molecular formula is C15H23ClN2O2. The number of hydrogen-bond donors (Lipinski definition) is 2. The van der Waals surface area contributed by atoms with Crippen LogP contribution in [0.5, 0.6) is 5.75 Å². The Morgan fingerprint density at radius 1 is 1.45 bits per heavy atom. The van der Waals surface area contributed by atoms with E-state index < -0.39 is 0 Å². The first-order valence-corrected chi connectivity index (χ1v) is 7.23. The molecule has 0 aliphatic heterocycles. The zero-order valence-corrected chi connectivity index (χ0v) is 13.1. The summed E-state index contributed by atoms with van der Waals surface area (Å²) in [7, 11) is 1.84. The number of ether oxygens (including phenoxy) is 1. The molecule has 1 rings (SSSR count). The van der Waals surface area contributed by atoms with E-state index in [1.807, 2.05) is 39.1 Å². The molecule has 20 heavy (non-hydrogen) atoms. The van der Waals surface area contributed by atoms with E-state index in [2.05, 4.69) is 10.6 Å². The molecule has 0 radical (unpaired) electrons. The van der Waals surface area contributed by atoms with E-state index in [9.17, 15) is 4.79 Å². The minimum atomic E-state index is -0.0144. The number of nitrogens with one attached hydrogen (secondary N) is 2. The minimum Gasteiger partial charge on any atom is -0.493 e. The third-order valence-corrected chi connectivity index (χ3v) is 3.21.